The molecule has 104 valence electrons. The Bertz CT molecular complexity index is 363. The molecule has 1 nitrogen and oxygen atoms in total. The Morgan fingerprint density at radius 2 is 1.83 bits per heavy atom. The molecule has 2 unspecified atom stereocenters. The van der Waals surface area contributed by atoms with Gasteiger partial charge in [0.15, 0.2) is 0 Å². The minimum Gasteiger partial charge on any atom is -0.308 e. The normalized spacial score (nSPS) is 15.1. The SMILES string of the molecule is CC(C)CCCC(C)NC(C)c1cc(Cl)sc1Cl. The molecule has 1 N–H and O–H groups in total. The van der Waals surface area contributed by atoms with E-state index in [4.69, 9.17) is 23.2 Å². The summed E-state index contributed by atoms with van der Waals surface area (Å²) < 4.78 is 1.56. The average Bonchev–Trinajstić information content (AvgIpc) is 2.57. The fraction of sp³-hybridized carbons (Fsp3) is 0.714. The van der Waals surface area contributed by atoms with Crippen LogP contribution >= 0.6 is 34.5 Å². The fourth-order valence-electron chi connectivity index (χ4n) is 2.08. The van der Waals surface area contributed by atoms with Crippen LogP contribution in [0.2, 0.25) is 8.67 Å². The van der Waals surface area contributed by atoms with Gasteiger partial charge in [0.25, 0.3) is 0 Å². The highest BCUT2D eigenvalue weighted by atomic mass is 35.5. The van der Waals surface area contributed by atoms with Gasteiger partial charge >= 0.3 is 0 Å². The molecule has 0 radical (unpaired) electrons. The van der Waals surface area contributed by atoms with Crippen LogP contribution in [0.15, 0.2) is 6.07 Å². The van der Waals surface area contributed by atoms with Gasteiger partial charge in [-0.3, -0.25) is 0 Å². The van der Waals surface area contributed by atoms with E-state index in [1.807, 2.05) is 6.07 Å². The average molecular weight is 308 g/mol. The van der Waals surface area contributed by atoms with Crippen molar-refractivity contribution in [2.45, 2.75) is 59.0 Å². The second-order valence-corrected chi connectivity index (χ2v) is 7.68. The Morgan fingerprint density at radius 1 is 1.17 bits per heavy atom. The maximum atomic E-state index is 6.16. The predicted molar refractivity (Wildman–Crippen MR) is 84.0 cm³/mol. The highest BCUT2D eigenvalue weighted by molar-refractivity contribution is 7.20. The van der Waals surface area contributed by atoms with E-state index in [2.05, 4.69) is 33.0 Å². The molecule has 1 rings (SSSR count). The van der Waals surface area contributed by atoms with Crippen molar-refractivity contribution in [2.24, 2.45) is 5.92 Å². The molecule has 0 aromatic carbocycles. The zero-order valence-corrected chi connectivity index (χ0v) is 13.9. The van der Waals surface area contributed by atoms with Crippen LogP contribution < -0.4 is 5.32 Å². The Labute approximate surface area is 125 Å². The van der Waals surface area contributed by atoms with Crippen LogP contribution in [0, 0.1) is 5.92 Å². The standard InChI is InChI=1S/C14H23Cl2NS/c1-9(2)6-5-7-10(3)17-11(4)12-8-13(15)18-14(12)16/h8-11,17H,5-7H2,1-4H3. The van der Waals surface area contributed by atoms with Crippen LogP contribution in [0.1, 0.15) is 58.6 Å². The predicted octanol–water partition coefficient (Wildman–Crippen LogP) is 5.92. The molecule has 4 heteroatoms. The molecule has 0 bridgehead atoms. The van der Waals surface area contributed by atoms with E-state index >= 15 is 0 Å². The van der Waals surface area contributed by atoms with Crippen molar-refractivity contribution < 1.29 is 0 Å². The number of hydrogen-bond acceptors (Lipinski definition) is 2. The van der Waals surface area contributed by atoms with Crippen molar-refractivity contribution in [3.63, 3.8) is 0 Å². The van der Waals surface area contributed by atoms with E-state index in [-0.39, 0.29) is 6.04 Å². The molecule has 0 aliphatic carbocycles. The summed E-state index contributed by atoms with van der Waals surface area (Å²) in [6, 6.07) is 2.73. The van der Waals surface area contributed by atoms with E-state index in [0.29, 0.717) is 6.04 Å². The van der Waals surface area contributed by atoms with Crippen molar-refractivity contribution in [1.29, 1.82) is 0 Å². The number of nitrogens with one attached hydrogen (secondary N) is 1. The summed E-state index contributed by atoms with van der Waals surface area (Å²) in [5, 5.41) is 3.59. The Balaban J connectivity index is 2.39. The zero-order chi connectivity index (χ0) is 13.7. The van der Waals surface area contributed by atoms with Crippen LogP contribution in [0.5, 0.6) is 0 Å². The quantitative estimate of drug-likeness (QED) is 0.659. The van der Waals surface area contributed by atoms with Crippen molar-refractivity contribution in [3.05, 3.63) is 20.3 Å². The number of halogens is 2. The summed E-state index contributed by atoms with van der Waals surface area (Å²) in [4.78, 5) is 0. The molecular weight excluding hydrogens is 285 g/mol. The van der Waals surface area contributed by atoms with E-state index in [9.17, 15) is 0 Å². The minimum absolute atomic E-state index is 0.260. The van der Waals surface area contributed by atoms with Crippen LogP contribution in [-0.2, 0) is 0 Å². The molecule has 0 aliphatic heterocycles. The lowest BCUT2D eigenvalue weighted by Crippen LogP contribution is -2.28. The van der Waals surface area contributed by atoms with E-state index in [1.54, 1.807) is 0 Å². The first-order valence-electron chi connectivity index (χ1n) is 6.61. The third-order valence-corrected chi connectivity index (χ3v) is 4.62. The van der Waals surface area contributed by atoms with Gasteiger partial charge in [-0.1, -0.05) is 49.9 Å². The third-order valence-electron chi connectivity index (χ3n) is 3.10. The van der Waals surface area contributed by atoms with Crippen molar-refractivity contribution >= 4 is 34.5 Å². The van der Waals surface area contributed by atoms with Crippen molar-refractivity contribution in [1.82, 2.24) is 5.32 Å². The molecule has 1 aromatic rings. The first kappa shape index (κ1) is 16.3. The first-order valence-corrected chi connectivity index (χ1v) is 8.18. The summed E-state index contributed by atoms with van der Waals surface area (Å²) in [6.45, 7) is 8.92. The summed E-state index contributed by atoms with van der Waals surface area (Å²) in [5.41, 5.74) is 1.11. The van der Waals surface area contributed by atoms with Gasteiger partial charge < -0.3 is 5.32 Å². The van der Waals surface area contributed by atoms with Gasteiger partial charge in [-0.2, -0.15) is 0 Å². The van der Waals surface area contributed by atoms with Gasteiger partial charge in [-0.25, -0.2) is 0 Å². The Hall–Kier alpha value is 0.240. The molecule has 0 saturated heterocycles. The van der Waals surface area contributed by atoms with Crippen LogP contribution in [-0.4, -0.2) is 6.04 Å². The summed E-state index contributed by atoms with van der Waals surface area (Å²) in [5.74, 6) is 0.791. The molecule has 0 amide bonds. The van der Waals surface area contributed by atoms with Crippen LogP contribution in [0.3, 0.4) is 0 Å². The molecular formula is C14H23Cl2NS. The van der Waals surface area contributed by atoms with Gasteiger partial charge in [-0.05, 0) is 37.8 Å². The van der Waals surface area contributed by atoms with E-state index in [0.717, 1.165) is 20.2 Å². The number of thiophene rings is 1. The Morgan fingerprint density at radius 3 is 2.33 bits per heavy atom. The van der Waals surface area contributed by atoms with E-state index in [1.165, 1.54) is 30.6 Å². The Kier molecular flexibility index (Phi) is 7.01. The maximum Gasteiger partial charge on any atom is 0.0991 e. The van der Waals surface area contributed by atoms with Gasteiger partial charge in [0, 0.05) is 12.1 Å². The largest absolute Gasteiger partial charge is 0.308 e. The molecule has 0 aliphatic rings. The minimum atomic E-state index is 0.260. The highest BCUT2D eigenvalue weighted by Gasteiger charge is 2.15. The second kappa shape index (κ2) is 7.74. The second-order valence-electron chi connectivity index (χ2n) is 5.39. The number of hydrogen-bond donors (Lipinski definition) is 1. The topological polar surface area (TPSA) is 12.0 Å². The molecule has 0 spiro atoms. The highest BCUT2D eigenvalue weighted by Crippen LogP contribution is 2.35. The lowest BCUT2D eigenvalue weighted by Gasteiger charge is -2.20. The first-order chi connectivity index (χ1) is 8.40. The third kappa shape index (κ3) is 5.48. The molecule has 0 saturated carbocycles. The maximum absolute atomic E-state index is 6.16. The van der Waals surface area contributed by atoms with Gasteiger partial charge in [0.2, 0.25) is 0 Å². The lowest BCUT2D eigenvalue weighted by molar-refractivity contribution is 0.424. The van der Waals surface area contributed by atoms with E-state index < -0.39 is 0 Å². The monoisotopic (exact) mass is 307 g/mol. The number of rotatable bonds is 7. The lowest BCUT2D eigenvalue weighted by atomic mass is 10.0. The smallest absolute Gasteiger partial charge is 0.0991 e. The van der Waals surface area contributed by atoms with Gasteiger partial charge in [0.05, 0.1) is 8.67 Å². The molecule has 2 atom stereocenters. The van der Waals surface area contributed by atoms with Crippen LogP contribution in [0.4, 0.5) is 0 Å². The van der Waals surface area contributed by atoms with Crippen molar-refractivity contribution in [3.8, 4) is 0 Å². The zero-order valence-electron chi connectivity index (χ0n) is 11.6. The summed E-state index contributed by atoms with van der Waals surface area (Å²) in [7, 11) is 0. The summed E-state index contributed by atoms with van der Waals surface area (Å²) in [6.07, 6.45) is 3.78. The molecule has 1 aromatic heterocycles. The van der Waals surface area contributed by atoms with Crippen molar-refractivity contribution in [2.75, 3.05) is 0 Å². The van der Waals surface area contributed by atoms with Gasteiger partial charge in [0.1, 0.15) is 0 Å². The molecule has 0 fully saturated rings. The van der Waals surface area contributed by atoms with Gasteiger partial charge in [-0.15, -0.1) is 11.3 Å². The molecule has 1 heterocycles. The molecule has 18 heavy (non-hydrogen) atoms. The van der Waals surface area contributed by atoms with Crippen LogP contribution in [0.25, 0.3) is 0 Å². The fourth-order valence-corrected chi connectivity index (χ4v) is 3.73. The summed E-state index contributed by atoms with van der Waals surface area (Å²) >= 11 is 13.6.